The van der Waals surface area contributed by atoms with E-state index in [1.165, 1.54) is 7.11 Å². The number of esters is 1. The number of nitrogens with one attached hydrogen (secondary N) is 2. The molecule has 7 heteroatoms. The number of carbonyl (C=O) groups is 2. The molecule has 0 aromatic heterocycles. The number of para-hydroxylation sites is 1. The van der Waals surface area contributed by atoms with Gasteiger partial charge in [-0.15, -0.1) is 0 Å². The average Bonchev–Trinajstić information content (AvgIpc) is 2.68. The highest BCUT2D eigenvalue weighted by atomic mass is 79.9. The summed E-state index contributed by atoms with van der Waals surface area (Å²) in [6, 6.07) is 14.7. The summed E-state index contributed by atoms with van der Waals surface area (Å²) in [5.41, 5.74) is 0.525. The summed E-state index contributed by atoms with van der Waals surface area (Å²) in [5, 5.41) is 5.74. The van der Waals surface area contributed by atoms with Crippen molar-refractivity contribution in [2.24, 2.45) is 0 Å². The molecule has 0 spiro atoms. The number of amides is 1. The summed E-state index contributed by atoms with van der Waals surface area (Å²) in [7, 11) is 1.30. The Morgan fingerprint density at radius 1 is 1.15 bits per heavy atom. The first-order chi connectivity index (χ1) is 12.8. The van der Waals surface area contributed by atoms with Crippen LogP contribution in [0.15, 0.2) is 53.0 Å². The Labute approximate surface area is 167 Å². The SMILES string of the molecule is COC(=O)C(C)(COc1ccccc1)NCC(=O)Nc1ccc(Br)c(C)c1. The molecule has 2 aromatic carbocycles. The summed E-state index contributed by atoms with van der Waals surface area (Å²) >= 11 is 3.42. The lowest BCUT2D eigenvalue weighted by Crippen LogP contribution is -2.56. The standard InChI is InChI=1S/C20H23BrN2O4/c1-14-11-15(9-10-17(14)21)23-18(24)12-22-20(2,19(25)26-3)13-27-16-7-5-4-6-8-16/h4-11,22H,12-13H2,1-3H3,(H,23,24). The van der Waals surface area contributed by atoms with Gasteiger partial charge >= 0.3 is 5.97 Å². The Balaban J connectivity index is 1.97. The largest absolute Gasteiger partial charge is 0.491 e. The maximum Gasteiger partial charge on any atom is 0.329 e. The maximum atomic E-state index is 12.3. The minimum Gasteiger partial charge on any atom is -0.491 e. The summed E-state index contributed by atoms with van der Waals surface area (Å²) in [6.45, 7) is 3.53. The van der Waals surface area contributed by atoms with Crippen LogP contribution in [0.1, 0.15) is 12.5 Å². The van der Waals surface area contributed by atoms with Crippen molar-refractivity contribution < 1.29 is 19.1 Å². The van der Waals surface area contributed by atoms with Crippen molar-refractivity contribution >= 4 is 33.5 Å². The minimum atomic E-state index is -1.17. The van der Waals surface area contributed by atoms with Gasteiger partial charge in [0.05, 0.1) is 13.7 Å². The van der Waals surface area contributed by atoms with E-state index in [4.69, 9.17) is 9.47 Å². The smallest absolute Gasteiger partial charge is 0.329 e. The van der Waals surface area contributed by atoms with Crippen molar-refractivity contribution in [1.29, 1.82) is 0 Å². The van der Waals surface area contributed by atoms with Gasteiger partial charge in [0.2, 0.25) is 5.91 Å². The highest BCUT2D eigenvalue weighted by Crippen LogP contribution is 2.20. The van der Waals surface area contributed by atoms with Crippen LogP contribution >= 0.6 is 15.9 Å². The van der Waals surface area contributed by atoms with Crippen LogP contribution in [0.3, 0.4) is 0 Å². The van der Waals surface area contributed by atoms with E-state index in [0.717, 1.165) is 10.0 Å². The molecule has 144 valence electrons. The van der Waals surface area contributed by atoms with Gasteiger partial charge in [-0.05, 0) is 49.7 Å². The van der Waals surface area contributed by atoms with Gasteiger partial charge in [-0.3, -0.25) is 10.1 Å². The number of methoxy groups -OCH3 is 1. The third-order valence-electron chi connectivity index (χ3n) is 3.99. The molecule has 6 nitrogen and oxygen atoms in total. The van der Waals surface area contributed by atoms with Crippen LogP contribution in [0.25, 0.3) is 0 Å². The van der Waals surface area contributed by atoms with Gasteiger partial charge < -0.3 is 14.8 Å². The quantitative estimate of drug-likeness (QED) is 0.623. The molecule has 2 rings (SSSR count). The number of halogens is 1. The topological polar surface area (TPSA) is 76.7 Å². The molecule has 0 fully saturated rings. The highest BCUT2D eigenvalue weighted by Gasteiger charge is 2.35. The zero-order valence-corrected chi connectivity index (χ0v) is 17.1. The van der Waals surface area contributed by atoms with E-state index in [0.29, 0.717) is 11.4 Å². The van der Waals surface area contributed by atoms with Gasteiger partial charge in [0.15, 0.2) is 0 Å². The molecule has 1 atom stereocenters. The average molecular weight is 435 g/mol. The Morgan fingerprint density at radius 3 is 2.48 bits per heavy atom. The fraction of sp³-hybridized carbons (Fsp3) is 0.300. The summed E-state index contributed by atoms with van der Waals surface area (Å²) in [4.78, 5) is 24.5. The van der Waals surface area contributed by atoms with Gasteiger partial charge in [0.25, 0.3) is 0 Å². The van der Waals surface area contributed by atoms with Crippen molar-refractivity contribution in [2.45, 2.75) is 19.4 Å². The molecular weight excluding hydrogens is 412 g/mol. The third-order valence-corrected chi connectivity index (χ3v) is 4.88. The van der Waals surface area contributed by atoms with Gasteiger partial charge in [-0.2, -0.15) is 0 Å². The molecule has 27 heavy (non-hydrogen) atoms. The third kappa shape index (κ3) is 6.08. The second-order valence-electron chi connectivity index (χ2n) is 6.29. The molecule has 0 bridgehead atoms. The van der Waals surface area contributed by atoms with Crippen molar-refractivity contribution in [3.05, 3.63) is 58.6 Å². The number of anilines is 1. The number of hydrogen-bond acceptors (Lipinski definition) is 5. The molecule has 0 saturated heterocycles. The molecular formula is C20H23BrN2O4. The van der Waals surface area contributed by atoms with Crippen molar-refractivity contribution in [1.82, 2.24) is 5.32 Å². The molecule has 0 aliphatic rings. The molecule has 0 aliphatic heterocycles. The van der Waals surface area contributed by atoms with E-state index in [1.54, 1.807) is 25.1 Å². The Morgan fingerprint density at radius 2 is 1.85 bits per heavy atom. The zero-order valence-electron chi connectivity index (χ0n) is 15.5. The van der Waals surface area contributed by atoms with E-state index >= 15 is 0 Å². The zero-order chi connectivity index (χ0) is 19.9. The predicted octanol–water partition coefficient (Wildman–Crippen LogP) is 3.30. The van der Waals surface area contributed by atoms with Crippen molar-refractivity contribution in [3.63, 3.8) is 0 Å². The molecule has 1 amide bonds. The first kappa shape index (κ1) is 20.9. The Hall–Kier alpha value is -2.38. The number of aryl methyl sites for hydroxylation is 1. The number of hydrogen-bond donors (Lipinski definition) is 2. The van der Waals surface area contributed by atoms with Crippen LogP contribution < -0.4 is 15.4 Å². The predicted molar refractivity (Wildman–Crippen MR) is 108 cm³/mol. The van der Waals surface area contributed by atoms with Crippen molar-refractivity contribution in [2.75, 3.05) is 25.6 Å². The fourth-order valence-corrected chi connectivity index (χ4v) is 2.60. The number of ether oxygens (including phenoxy) is 2. The van der Waals surface area contributed by atoms with E-state index in [2.05, 4.69) is 26.6 Å². The monoisotopic (exact) mass is 434 g/mol. The first-order valence-electron chi connectivity index (χ1n) is 8.41. The molecule has 0 heterocycles. The molecule has 0 aliphatic carbocycles. The van der Waals surface area contributed by atoms with Gasteiger partial charge in [-0.1, -0.05) is 34.1 Å². The number of carbonyl (C=O) groups excluding carboxylic acids is 2. The molecule has 0 saturated carbocycles. The normalized spacial score (nSPS) is 12.7. The summed E-state index contributed by atoms with van der Waals surface area (Å²) in [6.07, 6.45) is 0. The number of benzene rings is 2. The maximum absolute atomic E-state index is 12.3. The van der Waals surface area contributed by atoms with Gasteiger partial charge in [-0.25, -0.2) is 4.79 Å². The van der Waals surface area contributed by atoms with Crippen LogP contribution in [-0.2, 0) is 14.3 Å². The second kappa shape index (κ2) is 9.53. The van der Waals surface area contributed by atoms with E-state index in [-0.39, 0.29) is 19.1 Å². The lowest BCUT2D eigenvalue weighted by atomic mass is 10.0. The Kier molecular flexibility index (Phi) is 7.38. The lowest BCUT2D eigenvalue weighted by molar-refractivity contribution is -0.149. The van der Waals surface area contributed by atoms with Crippen LogP contribution in [0.4, 0.5) is 5.69 Å². The fourth-order valence-electron chi connectivity index (χ4n) is 2.35. The molecule has 0 radical (unpaired) electrons. The van der Waals surface area contributed by atoms with E-state index < -0.39 is 11.5 Å². The summed E-state index contributed by atoms with van der Waals surface area (Å²) < 4.78 is 11.5. The van der Waals surface area contributed by atoms with E-state index in [1.807, 2.05) is 37.3 Å². The lowest BCUT2D eigenvalue weighted by Gasteiger charge is -2.27. The molecule has 2 N–H and O–H groups in total. The number of rotatable bonds is 8. The van der Waals surface area contributed by atoms with Crippen LogP contribution in [-0.4, -0.2) is 37.7 Å². The van der Waals surface area contributed by atoms with Crippen LogP contribution in [0.2, 0.25) is 0 Å². The first-order valence-corrected chi connectivity index (χ1v) is 9.20. The van der Waals surface area contributed by atoms with Crippen LogP contribution in [0.5, 0.6) is 5.75 Å². The molecule has 2 aromatic rings. The minimum absolute atomic E-state index is 0.0222. The second-order valence-corrected chi connectivity index (χ2v) is 7.15. The molecule has 1 unspecified atom stereocenters. The van der Waals surface area contributed by atoms with Crippen LogP contribution in [0, 0.1) is 6.92 Å². The van der Waals surface area contributed by atoms with Gasteiger partial charge in [0.1, 0.15) is 17.9 Å². The van der Waals surface area contributed by atoms with E-state index in [9.17, 15) is 9.59 Å². The van der Waals surface area contributed by atoms with Gasteiger partial charge in [0, 0.05) is 10.2 Å². The Bertz CT molecular complexity index is 798. The highest BCUT2D eigenvalue weighted by molar-refractivity contribution is 9.10. The van der Waals surface area contributed by atoms with Crippen molar-refractivity contribution in [3.8, 4) is 5.75 Å². The summed E-state index contributed by atoms with van der Waals surface area (Å²) in [5.74, 6) is -0.151.